The van der Waals surface area contributed by atoms with E-state index in [0.717, 1.165) is 6.07 Å². The normalized spacial score (nSPS) is 13.0. The number of hydrogen-bond acceptors (Lipinski definition) is 10. The Labute approximate surface area is 121 Å². The molecule has 0 aliphatic heterocycles. The van der Waals surface area contributed by atoms with E-state index in [1.165, 1.54) is 6.92 Å². The molecular weight excluding hydrogens is 324 g/mol. The highest BCUT2D eigenvalue weighted by molar-refractivity contribution is 7.91. The van der Waals surface area contributed by atoms with Crippen LogP contribution in [0.3, 0.4) is 0 Å². The van der Waals surface area contributed by atoms with E-state index in [9.17, 15) is 18.5 Å². The first-order valence-electron chi connectivity index (χ1n) is 5.35. The molecule has 14 heteroatoms. The zero-order chi connectivity index (χ0) is 15.6. The summed E-state index contributed by atoms with van der Waals surface area (Å²) >= 11 is 0.642. The second-order valence-corrected chi connectivity index (χ2v) is 6.79. The largest absolute Gasteiger partial charge is 0.310 e. The number of anilines is 1. The summed E-state index contributed by atoms with van der Waals surface area (Å²) in [5, 5.41) is 23.5. The summed E-state index contributed by atoms with van der Waals surface area (Å²) < 4.78 is 26.4. The van der Waals surface area contributed by atoms with E-state index in [1.54, 1.807) is 0 Å². The molecule has 0 fully saturated rings. The number of aromatic nitrogens is 4. The maximum atomic E-state index is 12.2. The first-order chi connectivity index (χ1) is 9.85. The van der Waals surface area contributed by atoms with Gasteiger partial charge in [0.1, 0.15) is 4.21 Å². The minimum Gasteiger partial charge on any atom is -0.310 e. The van der Waals surface area contributed by atoms with E-state index in [0.29, 0.717) is 11.3 Å². The van der Waals surface area contributed by atoms with Crippen molar-refractivity contribution in [2.45, 2.75) is 17.2 Å². The lowest BCUT2D eigenvalue weighted by atomic mass is 10.4. The quantitative estimate of drug-likeness (QED) is 0.307. The van der Waals surface area contributed by atoms with Crippen LogP contribution in [0.25, 0.3) is 0 Å². The number of nitrogens with zero attached hydrogens (tertiary/aromatic N) is 4. The summed E-state index contributed by atoms with van der Waals surface area (Å²) in [4.78, 5) is 10.1. The van der Waals surface area contributed by atoms with Crippen molar-refractivity contribution in [3.05, 3.63) is 22.0 Å². The van der Waals surface area contributed by atoms with Crippen LogP contribution in [0.2, 0.25) is 0 Å². The molecule has 12 nitrogen and oxygen atoms in total. The summed E-state index contributed by atoms with van der Waals surface area (Å²) in [7, 11) is -3.98. The maximum absolute atomic E-state index is 12.2. The third kappa shape index (κ3) is 3.13. The van der Waals surface area contributed by atoms with E-state index in [-0.39, 0.29) is 15.0 Å². The molecule has 0 aliphatic rings. The molecule has 0 bridgehead atoms. The van der Waals surface area contributed by atoms with Crippen LogP contribution in [0.15, 0.2) is 10.3 Å². The second kappa shape index (κ2) is 5.68. The second-order valence-electron chi connectivity index (χ2n) is 3.79. The van der Waals surface area contributed by atoms with Crippen molar-refractivity contribution in [2.24, 2.45) is 5.84 Å². The van der Waals surface area contributed by atoms with Gasteiger partial charge in [0.15, 0.2) is 10.8 Å². The van der Waals surface area contributed by atoms with Crippen LogP contribution < -0.4 is 16.0 Å². The molecule has 2 aromatic rings. The van der Waals surface area contributed by atoms with Gasteiger partial charge in [-0.25, -0.2) is 14.3 Å². The van der Waals surface area contributed by atoms with Gasteiger partial charge < -0.3 is 5.43 Å². The summed E-state index contributed by atoms with van der Waals surface area (Å²) in [6.07, 6.45) is 0. The molecule has 2 aromatic heterocycles. The smallest absolute Gasteiger partial charge is 0.306 e. The molecule has 1 atom stereocenters. The fourth-order valence-corrected chi connectivity index (χ4v) is 3.88. The van der Waals surface area contributed by atoms with Crippen molar-refractivity contribution in [3.8, 4) is 0 Å². The van der Waals surface area contributed by atoms with Crippen molar-refractivity contribution in [1.29, 1.82) is 0 Å². The number of nitrogens with two attached hydrogens (primary N) is 1. The molecule has 0 saturated carbocycles. The molecule has 2 rings (SSSR count). The lowest BCUT2D eigenvalue weighted by Crippen LogP contribution is -2.27. The molecule has 114 valence electrons. The number of tetrazole rings is 1. The molecule has 1 unspecified atom stereocenters. The van der Waals surface area contributed by atoms with Crippen molar-refractivity contribution >= 4 is 32.0 Å². The summed E-state index contributed by atoms with van der Waals surface area (Å²) in [6, 6.07) is 0.162. The lowest BCUT2D eigenvalue weighted by Gasteiger charge is -2.08. The number of hydrogen-bond donors (Lipinski definition) is 4. The van der Waals surface area contributed by atoms with Gasteiger partial charge in [0, 0.05) is 6.07 Å². The van der Waals surface area contributed by atoms with E-state index >= 15 is 0 Å². The highest BCUT2D eigenvalue weighted by atomic mass is 32.2. The third-order valence-electron chi connectivity index (χ3n) is 2.36. The van der Waals surface area contributed by atoms with Crippen molar-refractivity contribution < 1.29 is 13.3 Å². The lowest BCUT2D eigenvalue weighted by molar-refractivity contribution is -0.383. The summed E-state index contributed by atoms with van der Waals surface area (Å²) in [6.45, 7) is 1.51. The monoisotopic (exact) mass is 334 g/mol. The van der Waals surface area contributed by atoms with Gasteiger partial charge >= 0.3 is 5.69 Å². The topological polar surface area (TPSA) is 182 Å². The van der Waals surface area contributed by atoms with Gasteiger partial charge in [-0.1, -0.05) is 16.6 Å². The first-order valence-corrected chi connectivity index (χ1v) is 7.65. The van der Waals surface area contributed by atoms with Crippen LogP contribution in [-0.4, -0.2) is 34.0 Å². The highest BCUT2D eigenvalue weighted by Crippen LogP contribution is 2.36. The van der Waals surface area contributed by atoms with Crippen molar-refractivity contribution in [3.63, 3.8) is 0 Å². The molecule has 0 amide bonds. The molecule has 21 heavy (non-hydrogen) atoms. The molecule has 0 spiro atoms. The number of aromatic amines is 1. The molecule has 5 N–H and O–H groups in total. The van der Waals surface area contributed by atoms with Gasteiger partial charge in [-0.3, -0.25) is 10.1 Å². The van der Waals surface area contributed by atoms with Crippen LogP contribution >= 0.6 is 11.3 Å². The van der Waals surface area contributed by atoms with Gasteiger partial charge in [0.25, 0.3) is 10.0 Å². The van der Waals surface area contributed by atoms with E-state index in [4.69, 9.17) is 5.84 Å². The summed E-state index contributed by atoms with van der Waals surface area (Å²) in [5.41, 5.74) is 1.67. The predicted octanol–water partition coefficient (Wildman–Crippen LogP) is -0.506. The highest BCUT2D eigenvalue weighted by Gasteiger charge is 2.28. The number of sulfonamides is 1. The number of H-pyrrole nitrogens is 1. The van der Waals surface area contributed by atoms with Gasteiger partial charge in [0.2, 0.25) is 0 Å². The van der Waals surface area contributed by atoms with Crippen LogP contribution in [0.4, 0.5) is 10.7 Å². The molecular formula is C7H10N8O4S2. The Balaban J connectivity index is 2.29. The number of nitrogens with one attached hydrogen (secondary N) is 3. The van der Waals surface area contributed by atoms with Gasteiger partial charge in [-0.05, 0) is 6.92 Å². The van der Waals surface area contributed by atoms with E-state index < -0.39 is 26.7 Å². The van der Waals surface area contributed by atoms with Gasteiger partial charge in [-0.2, -0.15) is 9.94 Å². The van der Waals surface area contributed by atoms with E-state index in [2.05, 4.69) is 30.8 Å². The Morgan fingerprint density at radius 1 is 1.57 bits per heavy atom. The Morgan fingerprint density at radius 2 is 2.29 bits per heavy atom. The Morgan fingerprint density at radius 3 is 2.76 bits per heavy atom. The predicted molar refractivity (Wildman–Crippen MR) is 71.7 cm³/mol. The number of rotatable bonds is 6. The van der Waals surface area contributed by atoms with Crippen LogP contribution in [0.1, 0.15) is 18.8 Å². The Hall–Kier alpha value is -2.16. The van der Waals surface area contributed by atoms with Crippen molar-refractivity contribution in [2.75, 3.05) is 5.43 Å². The fourth-order valence-electron chi connectivity index (χ4n) is 1.43. The number of nitrogen functional groups attached to an aromatic ring is 1. The molecule has 0 aromatic carbocycles. The molecule has 0 aliphatic carbocycles. The zero-order valence-corrected chi connectivity index (χ0v) is 12.1. The van der Waals surface area contributed by atoms with E-state index in [1.807, 2.05) is 0 Å². The number of hydrazine groups is 1. The van der Waals surface area contributed by atoms with Crippen LogP contribution in [0, 0.1) is 10.1 Å². The fraction of sp³-hybridized carbons (Fsp3) is 0.286. The minimum absolute atomic E-state index is 0.0624. The van der Waals surface area contributed by atoms with Crippen molar-refractivity contribution in [1.82, 2.24) is 25.3 Å². The third-order valence-corrected chi connectivity index (χ3v) is 5.43. The summed E-state index contributed by atoms with van der Waals surface area (Å²) in [5.74, 6) is 5.27. The maximum Gasteiger partial charge on any atom is 0.306 e. The van der Waals surface area contributed by atoms with Crippen LogP contribution in [0.5, 0.6) is 0 Å². The molecule has 2 heterocycles. The average molecular weight is 334 g/mol. The Kier molecular flexibility index (Phi) is 4.12. The van der Waals surface area contributed by atoms with Crippen LogP contribution in [-0.2, 0) is 10.0 Å². The standard InChI is InChI=1S/C7H10N8O4S2/c1-3(6-10-13-14-11-6)12-21(18,19)5-2-4(15(16)17)7(9-8)20-5/h2-3,9,12H,8H2,1H3,(H,10,11,13,14). The molecule has 0 radical (unpaired) electrons. The SMILES string of the molecule is CC(NS(=O)(=O)c1cc([N+](=O)[O-])c(NN)s1)c1nn[nH]n1. The Bertz CT molecular complexity index is 739. The number of nitro groups is 1. The minimum atomic E-state index is -3.98. The average Bonchev–Trinajstić information content (AvgIpc) is 3.07. The number of thiophene rings is 1. The molecule has 0 saturated heterocycles. The van der Waals surface area contributed by atoms with Gasteiger partial charge in [-0.15, -0.1) is 10.2 Å². The van der Waals surface area contributed by atoms with Gasteiger partial charge in [0.05, 0.1) is 11.0 Å². The first kappa shape index (κ1) is 15.2. The zero-order valence-electron chi connectivity index (χ0n) is 10.5.